The number of methoxy groups -OCH3 is 1. The lowest BCUT2D eigenvalue weighted by molar-refractivity contribution is -0.130. The summed E-state index contributed by atoms with van der Waals surface area (Å²) in [7, 11) is 1.55. The maximum absolute atomic E-state index is 12.6. The molecule has 0 N–H and O–H groups in total. The highest BCUT2D eigenvalue weighted by molar-refractivity contribution is 6.01. The molecule has 5 nitrogen and oxygen atoms in total. The summed E-state index contributed by atoms with van der Waals surface area (Å²) in [5, 5.41) is 0. The molecule has 3 atom stereocenters. The monoisotopic (exact) mass is 340 g/mol. The van der Waals surface area contributed by atoms with Crippen LogP contribution in [0.3, 0.4) is 0 Å². The zero-order valence-corrected chi connectivity index (χ0v) is 14.3. The van der Waals surface area contributed by atoms with Crippen LogP contribution in [0.5, 0.6) is 11.5 Å². The Balaban J connectivity index is 1.70. The summed E-state index contributed by atoms with van der Waals surface area (Å²) in [6, 6.07) is 5.81. The van der Waals surface area contributed by atoms with Gasteiger partial charge in [-0.1, -0.05) is 19.1 Å². The first-order valence-electron chi connectivity index (χ1n) is 8.29. The predicted octanol–water partition coefficient (Wildman–Crippen LogP) is 3.48. The molecule has 0 spiro atoms. The number of fused-ring (bicyclic) bond motifs is 2. The molecule has 0 aromatic heterocycles. The van der Waals surface area contributed by atoms with Gasteiger partial charge in [-0.15, -0.1) is 6.58 Å². The first kappa shape index (κ1) is 16.0. The zero-order chi connectivity index (χ0) is 17.6. The first-order chi connectivity index (χ1) is 12.1. The van der Waals surface area contributed by atoms with Crippen LogP contribution in [0.25, 0.3) is 0 Å². The Bertz CT molecular complexity index is 806. The second-order valence-electron chi connectivity index (χ2n) is 6.50. The van der Waals surface area contributed by atoms with E-state index >= 15 is 0 Å². The minimum Gasteiger partial charge on any atom is -0.485 e. The van der Waals surface area contributed by atoms with E-state index in [1.165, 1.54) is 0 Å². The molecule has 0 amide bonds. The fourth-order valence-electron chi connectivity index (χ4n) is 3.64. The number of hydrogen-bond acceptors (Lipinski definition) is 5. The van der Waals surface area contributed by atoms with Crippen molar-refractivity contribution in [1.82, 2.24) is 0 Å². The maximum atomic E-state index is 12.6. The number of hydrogen-bond donors (Lipinski definition) is 0. The average molecular weight is 340 g/mol. The number of ether oxygens (including phenoxy) is 4. The molecule has 0 radical (unpaired) electrons. The van der Waals surface area contributed by atoms with E-state index in [-0.39, 0.29) is 24.6 Å². The van der Waals surface area contributed by atoms with Gasteiger partial charge in [0.15, 0.2) is 22.9 Å². The number of carbonyl (C=O) groups excluding carboxylic acids is 1. The number of benzene rings is 1. The van der Waals surface area contributed by atoms with Crippen molar-refractivity contribution in [2.24, 2.45) is 5.92 Å². The summed E-state index contributed by atoms with van der Waals surface area (Å²) in [5.74, 6) is 2.05. The standard InChI is InChI=1S/C20H20O5/c1-4-7-20(22-3)10-14-12(2)19(25-16(14)9-18(20)21)13-5-6-15-17(8-13)24-11-23-15/h4-6,8-10,12,19H,1,7,11H2,2-3H3/t12?,19?,20-/m0/s1. The van der Waals surface area contributed by atoms with Crippen LogP contribution in [0.4, 0.5) is 0 Å². The summed E-state index contributed by atoms with van der Waals surface area (Å²) in [6.07, 6.45) is 5.39. The number of allylic oxidation sites excluding steroid dienone is 1. The van der Waals surface area contributed by atoms with Gasteiger partial charge in [-0.05, 0) is 23.8 Å². The van der Waals surface area contributed by atoms with Gasteiger partial charge in [0.05, 0.1) is 0 Å². The van der Waals surface area contributed by atoms with E-state index in [2.05, 4.69) is 13.5 Å². The van der Waals surface area contributed by atoms with Crippen LogP contribution in [0.15, 0.2) is 54.3 Å². The molecule has 4 rings (SSSR count). The lowest BCUT2D eigenvalue weighted by Crippen LogP contribution is -2.39. The first-order valence-corrected chi connectivity index (χ1v) is 8.29. The molecule has 3 aliphatic rings. The van der Waals surface area contributed by atoms with E-state index in [4.69, 9.17) is 18.9 Å². The Morgan fingerprint density at radius 2 is 2.16 bits per heavy atom. The fraction of sp³-hybridized carbons (Fsp3) is 0.350. The van der Waals surface area contributed by atoms with Crippen molar-refractivity contribution >= 4 is 5.78 Å². The van der Waals surface area contributed by atoms with E-state index in [1.807, 2.05) is 24.3 Å². The Labute approximate surface area is 146 Å². The summed E-state index contributed by atoms with van der Waals surface area (Å²) in [4.78, 5) is 12.6. The third-order valence-corrected chi connectivity index (χ3v) is 5.09. The number of ketones is 1. The Kier molecular flexibility index (Phi) is 3.69. The lowest BCUT2D eigenvalue weighted by atomic mass is 9.82. The van der Waals surface area contributed by atoms with Crippen molar-refractivity contribution in [2.75, 3.05) is 13.9 Å². The second kappa shape index (κ2) is 5.77. The molecule has 2 aliphatic heterocycles. The molecule has 1 saturated heterocycles. The Hall–Kier alpha value is -2.53. The SMILES string of the molecule is C=CC[C@]1(OC)C=C2C(=CC1=O)OC(c1ccc3c(c1)OCO3)C2C. The van der Waals surface area contributed by atoms with Gasteiger partial charge < -0.3 is 18.9 Å². The lowest BCUT2D eigenvalue weighted by Gasteiger charge is -2.29. The van der Waals surface area contributed by atoms with Crippen LogP contribution in [-0.4, -0.2) is 25.3 Å². The Morgan fingerprint density at radius 3 is 2.92 bits per heavy atom. The van der Waals surface area contributed by atoms with Gasteiger partial charge in [-0.3, -0.25) is 4.79 Å². The third kappa shape index (κ3) is 2.38. The van der Waals surface area contributed by atoms with Crippen LogP contribution in [-0.2, 0) is 14.3 Å². The molecule has 130 valence electrons. The highest BCUT2D eigenvalue weighted by Gasteiger charge is 2.45. The average Bonchev–Trinajstić information content (AvgIpc) is 3.20. The highest BCUT2D eigenvalue weighted by Crippen LogP contribution is 2.48. The quantitative estimate of drug-likeness (QED) is 0.786. The van der Waals surface area contributed by atoms with Gasteiger partial charge in [0.25, 0.3) is 0 Å². The smallest absolute Gasteiger partial charge is 0.231 e. The Morgan fingerprint density at radius 1 is 1.36 bits per heavy atom. The summed E-state index contributed by atoms with van der Waals surface area (Å²) in [5.41, 5.74) is 1.00. The van der Waals surface area contributed by atoms with Crippen LogP contribution in [0.1, 0.15) is 25.0 Å². The van der Waals surface area contributed by atoms with Gasteiger partial charge in [-0.25, -0.2) is 0 Å². The topological polar surface area (TPSA) is 54.0 Å². The predicted molar refractivity (Wildman–Crippen MR) is 91.3 cm³/mol. The molecule has 1 aliphatic carbocycles. The number of carbonyl (C=O) groups is 1. The second-order valence-corrected chi connectivity index (χ2v) is 6.50. The van der Waals surface area contributed by atoms with Gasteiger partial charge in [-0.2, -0.15) is 0 Å². The van der Waals surface area contributed by atoms with Crippen molar-refractivity contribution in [3.05, 3.63) is 59.9 Å². The zero-order valence-electron chi connectivity index (χ0n) is 14.3. The van der Waals surface area contributed by atoms with Gasteiger partial charge in [0.1, 0.15) is 11.9 Å². The largest absolute Gasteiger partial charge is 0.485 e. The molecule has 2 heterocycles. The number of rotatable bonds is 4. The molecular formula is C20H20O5. The molecule has 25 heavy (non-hydrogen) atoms. The van der Waals surface area contributed by atoms with E-state index in [9.17, 15) is 4.79 Å². The molecule has 1 aromatic rings. The van der Waals surface area contributed by atoms with E-state index in [0.29, 0.717) is 12.2 Å². The molecule has 0 saturated carbocycles. The minimum absolute atomic E-state index is 0.0825. The van der Waals surface area contributed by atoms with Crippen LogP contribution >= 0.6 is 0 Å². The molecule has 5 heteroatoms. The molecule has 0 bridgehead atoms. The summed E-state index contributed by atoms with van der Waals surface area (Å²) in [6.45, 7) is 6.07. The van der Waals surface area contributed by atoms with Gasteiger partial charge in [0.2, 0.25) is 6.79 Å². The van der Waals surface area contributed by atoms with Crippen LogP contribution < -0.4 is 9.47 Å². The normalized spacial score (nSPS) is 29.6. The van der Waals surface area contributed by atoms with E-state index < -0.39 is 5.60 Å². The van der Waals surface area contributed by atoms with Crippen molar-refractivity contribution < 1.29 is 23.7 Å². The fourth-order valence-corrected chi connectivity index (χ4v) is 3.64. The molecule has 1 fully saturated rings. The minimum atomic E-state index is -0.984. The van der Waals surface area contributed by atoms with E-state index in [1.54, 1.807) is 19.3 Å². The summed E-state index contributed by atoms with van der Waals surface area (Å²) >= 11 is 0. The van der Waals surface area contributed by atoms with Gasteiger partial charge >= 0.3 is 0 Å². The van der Waals surface area contributed by atoms with Crippen molar-refractivity contribution in [2.45, 2.75) is 25.0 Å². The van der Waals surface area contributed by atoms with Crippen molar-refractivity contribution in [3.63, 3.8) is 0 Å². The van der Waals surface area contributed by atoms with Crippen LogP contribution in [0, 0.1) is 5.92 Å². The van der Waals surface area contributed by atoms with Gasteiger partial charge in [0, 0.05) is 31.1 Å². The van der Waals surface area contributed by atoms with Crippen LogP contribution in [0.2, 0.25) is 0 Å². The molecule has 2 unspecified atom stereocenters. The third-order valence-electron chi connectivity index (χ3n) is 5.09. The molecule has 1 aromatic carbocycles. The van der Waals surface area contributed by atoms with Crippen molar-refractivity contribution in [1.29, 1.82) is 0 Å². The van der Waals surface area contributed by atoms with Crippen molar-refractivity contribution in [3.8, 4) is 11.5 Å². The molecular weight excluding hydrogens is 320 g/mol. The maximum Gasteiger partial charge on any atom is 0.231 e. The summed E-state index contributed by atoms with van der Waals surface area (Å²) < 4.78 is 22.5. The highest BCUT2D eigenvalue weighted by atomic mass is 16.7. The van der Waals surface area contributed by atoms with E-state index in [0.717, 1.165) is 22.6 Å².